The van der Waals surface area contributed by atoms with E-state index in [4.69, 9.17) is 155 Å². The number of hydrogen-bond donors (Lipinski definition) is 14. The van der Waals surface area contributed by atoms with E-state index in [1.54, 1.807) is 147 Å². The second-order valence-electron chi connectivity index (χ2n) is 29.2. The molecule has 0 saturated carbocycles. The predicted octanol–water partition coefficient (Wildman–Crippen LogP) is 5.72. The topological polar surface area (TPSA) is 557 Å². The van der Waals surface area contributed by atoms with Gasteiger partial charge < -0.3 is 102 Å². The number of rotatable bonds is 32. The first kappa shape index (κ1) is 117. The van der Waals surface area contributed by atoms with Gasteiger partial charge in [0.25, 0.3) is 27.4 Å². The van der Waals surface area contributed by atoms with Gasteiger partial charge in [0.05, 0.1) is 38.1 Å². The van der Waals surface area contributed by atoms with Gasteiger partial charge in [0.1, 0.15) is 90.7 Å². The number of H-pyrrole nitrogens is 3. The standard InChI is InChI=1S/2C23H28N3O9PS.C12H17ClNO3PS.C11H12N2O6.C6H5Cl2OPS.C6H12NO2.ClH/c2*1-5-23(31)19(28)17(34-21(23)26-12-11-18(27)24-22(26)30)13-32-36(37,35-16-9-7-6-8-10-16)25-15(4)20(29)33-14(2)3;1-9(2)16-12(15)10(3)14-18(13,19)17-11-7-5-4-6-8-11;1-2-11(18)8(16)6(5-14)19-9(11)13-4-3-7(15)12-10(13)17;7-10(8,11)9-6-4-2-1-3-5-6;1-4(2)9-6(8)5(3)7;/h2*1,6-12,14-15,17,19,21,28,31H,13H2,2-4H3,(H,25,37)(H,24,27,30);4-10H,1-3H3,(H,14,19);1,3-4,6,8-9,14,16,18H,5H2,(H,12,15,17);1-5H;4-5H,1,7H2,2-3H3;1H/q;;;;;+1;/t2*15-,17+,19+,21+,23+,36?;10-,18?;6-,8-,9-,11-;;4?,5-;/m0001.0./s1. The van der Waals surface area contributed by atoms with Crippen LogP contribution in [-0.4, -0.2) is 210 Å². The predicted molar refractivity (Wildman–Crippen MR) is 510 cm³/mol. The summed E-state index contributed by atoms with van der Waals surface area (Å²) in [5, 5.41) is 81.1. The second kappa shape index (κ2) is 53.4. The minimum Gasteiger partial charge on any atom is -0.462 e. The molecule has 133 heavy (non-hydrogen) atoms. The number of ether oxygens (including phenoxy) is 7. The van der Waals surface area contributed by atoms with Crippen LogP contribution < -0.4 is 72.8 Å². The van der Waals surface area contributed by atoms with E-state index in [1.807, 2.05) is 57.3 Å². The Balaban J connectivity index is 0.000000356. The Morgan fingerprint density at radius 2 is 0.737 bits per heavy atom. The normalized spacial score (nSPS) is 23.4. The van der Waals surface area contributed by atoms with Crippen LogP contribution in [0.15, 0.2) is 187 Å². The maximum atomic E-state index is 12.4. The number of para-hydroxylation sites is 4. The zero-order chi connectivity index (χ0) is 99.2. The summed E-state index contributed by atoms with van der Waals surface area (Å²) in [7, 11) is 0. The number of terminal acetylenes is 3. The molecule has 4 aromatic carbocycles. The van der Waals surface area contributed by atoms with Crippen LogP contribution in [0.3, 0.4) is 0 Å². The van der Waals surface area contributed by atoms with E-state index in [1.165, 1.54) is 13.8 Å². The van der Waals surface area contributed by atoms with Crippen molar-refractivity contribution in [3.05, 3.63) is 228 Å². The lowest BCUT2D eigenvalue weighted by Crippen LogP contribution is -2.48. The molecule has 3 aliphatic rings. The summed E-state index contributed by atoms with van der Waals surface area (Å²) in [5.41, 5.74) is -6.32. The fraction of sp³-hybridized carbons (Fsp3) is 0.420. The van der Waals surface area contributed by atoms with Crippen molar-refractivity contribution in [2.24, 2.45) is 5.73 Å². The number of carbonyl (C=O) groups is 4. The zero-order valence-electron chi connectivity index (χ0n) is 72.8. The summed E-state index contributed by atoms with van der Waals surface area (Å²) in [6.07, 6.45) is 4.98. The molecule has 3 aromatic heterocycles. The molecule has 0 radical (unpaired) electrons. The number of halogens is 4. The Hall–Kier alpha value is -8.33. The minimum absolute atomic E-state index is 0. The average molecular weight is 2090 g/mol. The largest absolute Gasteiger partial charge is 0.462 e. The van der Waals surface area contributed by atoms with E-state index in [2.05, 4.69) is 50.6 Å². The SMILES string of the molecule is C#C[C@@]1(O)[C@H](O)[C@@H](CO)O[C@H]1n1ccc(=O)[nH]c1=O.C#C[C@@]1(O)[C@H](O)[C@@H](COP(=S)(N[C@@H](C)C(=O)OC(C)C)Oc2ccccc2)O[C@H]1n1ccc(=O)[nH]c1=O.C#C[C@@]1(O)[C@H](O)[C@@H](COP(=S)(N[C@@H](C)C(=O)OC(C)C)Oc2ccccc2)O[C@H]1n1ccc(=O)[nH]c1=O.CC(C)OC(=O)[C@H](C)NP(=S)(Cl)Oc1ccccc1.Cl.S=P(Cl)(Cl)Oc1ccccc1.[CH2+]C(C)OC(=O)[C@H](C)N. The molecule has 728 valence electrons. The molecule has 40 nitrogen and oxygen atoms in total. The van der Waals surface area contributed by atoms with Gasteiger partial charge in [-0.1, -0.05) is 90.6 Å². The Labute approximate surface area is 804 Å². The van der Waals surface area contributed by atoms with Crippen LogP contribution in [0.5, 0.6) is 23.0 Å². The number of aromatic nitrogens is 6. The Morgan fingerprint density at radius 3 is 0.985 bits per heavy atom. The molecule has 0 bridgehead atoms. The number of benzene rings is 4. The van der Waals surface area contributed by atoms with Gasteiger partial charge in [0.2, 0.25) is 6.10 Å². The summed E-state index contributed by atoms with van der Waals surface area (Å²) in [4.78, 5) is 120. The molecule has 6 heterocycles. The van der Waals surface area contributed by atoms with Crippen molar-refractivity contribution < 1.29 is 115 Å². The first-order valence-electron chi connectivity index (χ1n) is 39.3. The third-order valence-electron chi connectivity index (χ3n) is 17.2. The van der Waals surface area contributed by atoms with Crippen molar-refractivity contribution in [2.45, 2.75) is 197 Å². The highest BCUT2D eigenvalue weighted by Gasteiger charge is 2.59. The highest BCUT2D eigenvalue weighted by atomic mass is 35.9. The van der Waals surface area contributed by atoms with Crippen LogP contribution in [0.25, 0.3) is 0 Å². The van der Waals surface area contributed by atoms with Crippen molar-refractivity contribution in [3.63, 3.8) is 0 Å². The van der Waals surface area contributed by atoms with Gasteiger partial charge >= 0.3 is 54.2 Å². The van der Waals surface area contributed by atoms with Gasteiger partial charge in [-0.3, -0.25) is 62.2 Å². The maximum absolute atomic E-state index is 12.4. The smallest absolute Gasteiger partial charge is 0.330 e. The van der Waals surface area contributed by atoms with Gasteiger partial charge in [0.15, 0.2) is 35.5 Å². The molecule has 0 aliphatic carbocycles. The Bertz CT molecular complexity index is 5500. The number of carbonyl (C=O) groups excluding carboxylic acids is 4. The van der Waals surface area contributed by atoms with E-state index in [0.29, 0.717) is 23.0 Å². The number of aliphatic hydroxyl groups excluding tert-OH is 4. The highest BCUT2D eigenvalue weighted by molar-refractivity contribution is 8.36. The molecule has 52 heteroatoms. The van der Waals surface area contributed by atoms with Gasteiger partial charge in [0, 0.05) is 43.7 Å². The molecule has 7 aromatic rings. The van der Waals surface area contributed by atoms with Gasteiger partial charge in [-0.15, -0.1) is 31.7 Å². The van der Waals surface area contributed by atoms with E-state index in [9.17, 15) is 78.6 Å². The highest BCUT2D eigenvalue weighted by Crippen LogP contribution is 2.57. The van der Waals surface area contributed by atoms with E-state index < -0.39 is 198 Å². The van der Waals surface area contributed by atoms with Crippen LogP contribution in [0.1, 0.15) is 94.8 Å². The third kappa shape index (κ3) is 36.3. The zero-order valence-corrected chi connectivity index (χ0v) is 82.7. The molecule has 15 N–H and O–H groups in total. The summed E-state index contributed by atoms with van der Waals surface area (Å²) in [6, 6.07) is 35.1. The number of aromatic amines is 3. The van der Waals surface area contributed by atoms with Crippen LogP contribution in [0.2, 0.25) is 0 Å². The molecular weight excluding hydrogens is 1990 g/mol. The van der Waals surface area contributed by atoms with Gasteiger partial charge in [-0.25, -0.2) is 29.6 Å². The van der Waals surface area contributed by atoms with Crippen LogP contribution in [0.4, 0.5) is 0 Å². The molecule has 0 amide bonds. The van der Waals surface area contributed by atoms with Gasteiger partial charge in [-0.2, -0.15) is 0 Å². The third-order valence-corrected chi connectivity index (χ3v) is 25.4. The molecule has 4 unspecified atom stereocenters. The van der Waals surface area contributed by atoms with Crippen LogP contribution in [-0.2, 0) is 109 Å². The summed E-state index contributed by atoms with van der Waals surface area (Å²) in [6.45, 7) is 13.3. The molecule has 20 atom stereocenters. The van der Waals surface area contributed by atoms with Crippen molar-refractivity contribution in [2.75, 3.05) is 19.8 Å². The fourth-order valence-corrected chi connectivity index (χ4v) is 19.4. The molecule has 0 spiro atoms. The maximum Gasteiger partial charge on any atom is 0.330 e. The lowest BCUT2D eigenvalue weighted by atomic mass is 9.95. The number of aliphatic hydroxyl groups is 7. The Kier molecular flexibility index (Phi) is 47.0. The van der Waals surface area contributed by atoms with Crippen molar-refractivity contribution in [1.29, 1.82) is 0 Å². The lowest BCUT2D eigenvalue weighted by Gasteiger charge is -2.28. The van der Waals surface area contributed by atoms with Crippen molar-refractivity contribution in [3.8, 4) is 60.0 Å². The lowest BCUT2D eigenvalue weighted by molar-refractivity contribution is -0.149. The van der Waals surface area contributed by atoms with Crippen molar-refractivity contribution in [1.82, 2.24) is 43.9 Å². The average Bonchev–Trinajstić information content (AvgIpc) is 1.62. The number of nitrogens with one attached hydrogen (secondary N) is 6. The first-order chi connectivity index (χ1) is 61.6. The fourth-order valence-electron chi connectivity index (χ4n) is 11.0. The molecule has 3 aliphatic heterocycles. The number of nitrogens with two attached hydrogens (primary N) is 1. The molecule has 3 saturated heterocycles. The molecular formula is C81H103Cl4N10O30P4S4+. The first-order valence-corrected chi connectivity index (χ1v) is 52.7. The summed E-state index contributed by atoms with van der Waals surface area (Å²) >= 11 is 38.3. The number of hydrogen-bond acceptors (Lipinski definition) is 35. The van der Waals surface area contributed by atoms with Crippen LogP contribution >= 0.6 is 70.2 Å². The van der Waals surface area contributed by atoms with Crippen molar-refractivity contribution >= 4 is 141 Å². The van der Waals surface area contributed by atoms with E-state index in [0.717, 1.165) is 50.5 Å². The summed E-state index contributed by atoms with van der Waals surface area (Å²) in [5.74, 6) is 3.19. The minimum atomic E-state index is -3.49. The van der Waals surface area contributed by atoms with E-state index >= 15 is 0 Å². The van der Waals surface area contributed by atoms with Crippen LogP contribution in [0, 0.1) is 44.0 Å². The number of esters is 4. The monoisotopic (exact) mass is 2090 g/mol. The Morgan fingerprint density at radius 1 is 0.466 bits per heavy atom. The van der Waals surface area contributed by atoms with Gasteiger partial charge in [-0.05, 0) is 199 Å². The van der Waals surface area contributed by atoms with E-state index in [-0.39, 0.29) is 36.8 Å². The molecule has 10 rings (SSSR count). The summed E-state index contributed by atoms with van der Waals surface area (Å²) < 4.78 is 73.3. The second-order valence-corrected chi connectivity index (χ2v) is 47.6. The molecule has 3 fully saturated rings. The number of nitrogens with zero attached hydrogens (tertiary/aromatic N) is 3. The quantitative estimate of drug-likeness (QED) is 0.00788.